The van der Waals surface area contributed by atoms with Crippen LogP contribution < -0.4 is 9.47 Å². The van der Waals surface area contributed by atoms with Crippen molar-refractivity contribution in [1.82, 2.24) is 4.98 Å². The SMILES string of the molecule is COC(=O)[C@@H](C)[C@H](c1ccc2c(c1)OC(c1ccc(-c3cc(OC)ncc3F)c(C=O)c1)CC2)C1CC1. The Balaban J connectivity index is 1.43. The summed E-state index contributed by atoms with van der Waals surface area (Å²) in [6.07, 6.45) is 5.38. The highest BCUT2D eigenvalue weighted by Crippen LogP contribution is 2.48. The Kier molecular flexibility index (Phi) is 6.96. The zero-order chi connectivity index (χ0) is 26.1. The predicted molar refractivity (Wildman–Crippen MR) is 136 cm³/mol. The first-order valence-corrected chi connectivity index (χ1v) is 12.6. The Morgan fingerprint density at radius 3 is 2.62 bits per heavy atom. The second-order valence-corrected chi connectivity index (χ2v) is 9.86. The zero-order valence-corrected chi connectivity index (χ0v) is 21.2. The molecule has 2 aromatic carbocycles. The van der Waals surface area contributed by atoms with Gasteiger partial charge in [-0.3, -0.25) is 9.59 Å². The van der Waals surface area contributed by atoms with E-state index in [0.29, 0.717) is 17.0 Å². The number of rotatable bonds is 8. The second kappa shape index (κ2) is 10.3. The van der Waals surface area contributed by atoms with Gasteiger partial charge in [0, 0.05) is 17.2 Å². The van der Waals surface area contributed by atoms with E-state index in [-0.39, 0.29) is 35.4 Å². The largest absolute Gasteiger partial charge is 0.485 e. The van der Waals surface area contributed by atoms with Crippen molar-refractivity contribution in [2.75, 3.05) is 14.2 Å². The molecule has 1 unspecified atom stereocenters. The van der Waals surface area contributed by atoms with Gasteiger partial charge in [-0.25, -0.2) is 9.37 Å². The number of halogens is 1. The minimum absolute atomic E-state index is 0.0925. The van der Waals surface area contributed by atoms with E-state index in [2.05, 4.69) is 23.2 Å². The van der Waals surface area contributed by atoms with E-state index in [1.54, 1.807) is 12.1 Å². The van der Waals surface area contributed by atoms with Crippen molar-refractivity contribution in [2.24, 2.45) is 11.8 Å². The molecule has 37 heavy (non-hydrogen) atoms. The van der Waals surface area contributed by atoms with Gasteiger partial charge in [0.05, 0.1) is 26.3 Å². The Morgan fingerprint density at radius 1 is 1.11 bits per heavy atom. The smallest absolute Gasteiger partial charge is 0.309 e. The maximum Gasteiger partial charge on any atom is 0.309 e. The third-order valence-corrected chi connectivity index (χ3v) is 7.57. The minimum Gasteiger partial charge on any atom is -0.485 e. The Morgan fingerprint density at radius 2 is 1.92 bits per heavy atom. The molecule has 5 rings (SSSR count). The van der Waals surface area contributed by atoms with Crippen molar-refractivity contribution in [1.29, 1.82) is 0 Å². The average Bonchev–Trinajstić information content (AvgIpc) is 3.77. The van der Waals surface area contributed by atoms with Crippen molar-refractivity contribution in [3.05, 3.63) is 76.7 Å². The molecule has 7 heteroatoms. The van der Waals surface area contributed by atoms with Crippen molar-refractivity contribution >= 4 is 12.3 Å². The van der Waals surface area contributed by atoms with Crippen LogP contribution in [0.25, 0.3) is 11.1 Å². The van der Waals surface area contributed by atoms with E-state index in [9.17, 15) is 14.0 Å². The highest BCUT2D eigenvalue weighted by Gasteiger charge is 2.39. The number of hydrogen-bond donors (Lipinski definition) is 0. The monoisotopic (exact) mass is 503 g/mol. The molecule has 2 heterocycles. The normalized spacial score (nSPS) is 18.2. The summed E-state index contributed by atoms with van der Waals surface area (Å²) in [5, 5.41) is 0. The van der Waals surface area contributed by atoms with Crippen LogP contribution in [0.5, 0.6) is 11.6 Å². The van der Waals surface area contributed by atoms with Gasteiger partial charge in [0.2, 0.25) is 5.88 Å². The van der Waals surface area contributed by atoms with E-state index in [0.717, 1.165) is 60.6 Å². The fourth-order valence-electron chi connectivity index (χ4n) is 5.45. The summed E-state index contributed by atoms with van der Waals surface area (Å²) in [6.45, 7) is 1.93. The van der Waals surface area contributed by atoms with Crippen molar-refractivity contribution in [3.63, 3.8) is 0 Å². The van der Waals surface area contributed by atoms with Crippen LogP contribution in [0.3, 0.4) is 0 Å². The molecule has 1 saturated carbocycles. The third kappa shape index (κ3) is 4.95. The number of carbonyl (C=O) groups is 2. The molecule has 2 aliphatic rings. The second-order valence-electron chi connectivity index (χ2n) is 9.86. The molecule has 0 bridgehead atoms. The van der Waals surface area contributed by atoms with Crippen molar-refractivity contribution in [2.45, 2.75) is 44.6 Å². The van der Waals surface area contributed by atoms with Gasteiger partial charge in [0.15, 0.2) is 6.29 Å². The van der Waals surface area contributed by atoms with Gasteiger partial charge in [-0.1, -0.05) is 31.2 Å². The number of aldehydes is 1. The summed E-state index contributed by atoms with van der Waals surface area (Å²) < 4.78 is 31.1. The summed E-state index contributed by atoms with van der Waals surface area (Å²) in [7, 11) is 2.89. The molecule has 1 fully saturated rings. The van der Waals surface area contributed by atoms with Crippen LogP contribution in [0.1, 0.15) is 65.3 Å². The number of pyridine rings is 1. The molecule has 1 aromatic heterocycles. The maximum atomic E-state index is 14.5. The summed E-state index contributed by atoms with van der Waals surface area (Å²) in [5.41, 5.74) is 4.16. The molecule has 1 aliphatic carbocycles. The average molecular weight is 504 g/mol. The quantitative estimate of drug-likeness (QED) is 0.274. The summed E-state index contributed by atoms with van der Waals surface area (Å²) in [4.78, 5) is 28.2. The van der Waals surface area contributed by atoms with Crippen LogP contribution >= 0.6 is 0 Å². The zero-order valence-electron chi connectivity index (χ0n) is 21.2. The molecule has 3 aromatic rings. The molecule has 192 valence electrons. The molecule has 1 aliphatic heterocycles. The van der Waals surface area contributed by atoms with Gasteiger partial charge in [-0.2, -0.15) is 0 Å². The number of nitrogens with zero attached hydrogens (tertiary/aromatic N) is 1. The van der Waals surface area contributed by atoms with Gasteiger partial charge in [-0.15, -0.1) is 0 Å². The van der Waals surface area contributed by atoms with Gasteiger partial charge >= 0.3 is 5.97 Å². The maximum absolute atomic E-state index is 14.5. The summed E-state index contributed by atoms with van der Waals surface area (Å²) in [6, 6.07) is 13.1. The van der Waals surface area contributed by atoms with Crippen molar-refractivity contribution < 1.29 is 28.2 Å². The standard InChI is InChI=1S/C30H30FNO5/c1-17(30(34)36-3)29(19-5-6-19)21-7-4-18-9-11-26(37-27(18)13-21)20-8-10-23(22(12-20)16-33)24-14-28(35-2)32-15-25(24)31/h4,7-8,10,12-17,19,26,29H,5-6,9,11H2,1-3H3/t17-,26?,29-/m0/s1. The molecule has 0 spiro atoms. The molecular formula is C30H30FNO5. The number of hydrogen-bond acceptors (Lipinski definition) is 6. The van der Waals surface area contributed by atoms with E-state index in [1.807, 2.05) is 13.0 Å². The molecule has 0 radical (unpaired) electrons. The first-order valence-electron chi connectivity index (χ1n) is 12.6. The number of benzene rings is 2. The number of fused-ring (bicyclic) bond motifs is 1. The minimum atomic E-state index is -0.529. The van der Waals surface area contributed by atoms with Crippen LogP contribution in [0.15, 0.2) is 48.7 Å². The number of methoxy groups -OCH3 is 2. The molecular weight excluding hydrogens is 473 g/mol. The Hall–Kier alpha value is -3.74. The lowest BCUT2D eigenvalue weighted by Crippen LogP contribution is -2.23. The number of ether oxygens (including phenoxy) is 3. The molecule has 6 nitrogen and oxygen atoms in total. The molecule has 0 N–H and O–H groups in total. The van der Waals surface area contributed by atoms with Crippen LogP contribution in [0, 0.1) is 17.7 Å². The first-order chi connectivity index (χ1) is 17.9. The van der Waals surface area contributed by atoms with Crippen LogP contribution in [0.4, 0.5) is 4.39 Å². The highest BCUT2D eigenvalue weighted by molar-refractivity contribution is 5.88. The summed E-state index contributed by atoms with van der Waals surface area (Å²) >= 11 is 0. The lowest BCUT2D eigenvalue weighted by atomic mass is 9.82. The van der Waals surface area contributed by atoms with Crippen LogP contribution in [-0.4, -0.2) is 31.5 Å². The number of esters is 1. The summed E-state index contributed by atoms with van der Waals surface area (Å²) in [5.74, 6) is 0.683. The fourth-order valence-corrected chi connectivity index (χ4v) is 5.45. The fraction of sp³-hybridized carbons (Fsp3) is 0.367. The number of aryl methyl sites for hydroxylation is 1. The van der Waals surface area contributed by atoms with Gasteiger partial charge in [0.25, 0.3) is 0 Å². The van der Waals surface area contributed by atoms with Crippen LogP contribution in [0.2, 0.25) is 0 Å². The Labute approximate surface area is 215 Å². The van der Waals surface area contributed by atoms with E-state index >= 15 is 0 Å². The molecule has 3 atom stereocenters. The van der Waals surface area contributed by atoms with Crippen LogP contribution in [-0.2, 0) is 16.0 Å². The Bertz CT molecular complexity index is 1340. The third-order valence-electron chi connectivity index (χ3n) is 7.57. The molecule has 0 saturated heterocycles. The lowest BCUT2D eigenvalue weighted by molar-refractivity contribution is -0.145. The predicted octanol–water partition coefficient (Wildman–Crippen LogP) is 6.08. The first kappa shape index (κ1) is 24.9. The number of carbonyl (C=O) groups excluding carboxylic acids is 2. The lowest BCUT2D eigenvalue weighted by Gasteiger charge is -2.29. The van der Waals surface area contributed by atoms with Gasteiger partial charge in [-0.05, 0) is 71.9 Å². The number of aromatic nitrogens is 1. The van der Waals surface area contributed by atoms with E-state index in [1.165, 1.54) is 20.3 Å². The highest BCUT2D eigenvalue weighted by atomic mass is 19.1. The molecule has 0 amide bonds. The van der Waals surface area contributed by atoms with Gasteiger partial charge in [0.1, 0.15) is 17.7 Å². The van der Waals surface area contributed by atoms with E-state index < -0.39 is 5.82 Å². The topological polar surface area (TPSA) is 74.7 Å². The van der Waals surface area contributed by atoms with Gasteiger partial charge < -0.3 is 14.2 Å². The van der Waals surface area contributed by atoms with E-state index in [4.69, 9.17) is 14.2 Å². The van der Waals surface area contributed by atoms with Crippen molar-refractivity contribution in [3.8, 4) is 22.8 Å².